The first kappa shape index (κ1) is 25.8. The molecule has 0 bridgehead atoms. The molecule has 1 atom stereocenters. The summed E-state index contributed by atoms with van der Waals surface area (Å²) in [4.78, 5) is 19.6. The van der Waals surface area contributed by atoms with Gasteiger partial charge in [0.05, 0.1) is 25.4 Å². The molecule has 1 aromatic heterocycles. The molecule has 2 aliphatic rings. The Labute approximate surface area is 233 Å². The lowest BCUT2D eigenvalue weighted by atomic mass is 9.88. The number of hydrogen-bond acceptors (Lipinski definition) is 7. The highest BCUT2D eigenvalue weighted by molar-refractivity contribution is 6.00. The number of fused-ring (bicyclic) bond motifs is 3. The number of rotatable bonds is 8. The lowest BCUT2D eigenvalue weighted by Gasteiger charge is -2.38. The van der Waals surface area contributed by atoms with Crippen LogP contribution in [0, 0.1) is 0 Å². The second kappa shape index (κ2) is 11.3. The minimum atomic E-state index is -0.243. The molecule has 3 heterocycles. The van der Waals surface area contributed by atoms with E-state index in [0.717, 1.165) is 58.8 Å². The van der Waals surface area contributed by atoms with Crippen molar-refractivity contribution in [3.63, 3.8) is 0 Å². The zero-order chi connectivity index (χ0) is 27.5. The zero-order valence-corrected chi connectivity index (χ0v) is 22.6. The average Bonchev–Trinajstić information content (AvgIpc) is 3.45. The minimum absolute atomic E-state index is 0.0814. The fourth-order valence-electron chi connectivity index (χ4n) is 5.56. The van der Waals surface area contributed by atoms with Gasteiger partial charge in [-0.25, -0.2) is 4.79 Å². The van der Waals surface area contributed by atoms with Crippen molar-refractivity contribution in [2.75, 3.05) is 46.0 Å². The Morgan fingerprint density at radius 2 is 1.85 bits per heavy atom. The molecular weight excluding hydrogens is 508 g/mol. The van der Waals surface area contributed by atoms with Gasteiger partial charge in [-0.15, -0.1) is 0 Å². The standard InChI is InChI=1S/C31H32N4O5/c1-37-28-17-21-10-13-35(14-12-33-31(36)34-25-9-11-32-24-6-4-3-5-22(24)25)26(23(21)18-29(28)38-2)15-20-7-8-27-30(16-20)40-19-39-27/h3-9,11,16-18,26H,10,12-15,19H2,1-2H3,(H2,32,33,34,36)/t26-/m1/s1. The van der Waals surface area contributed by atoms with Crippen LogP contribution in [0.2, 0.25) is 0 Å². The summed E-state index contributed by atoms with van der Waals surface area (Å²) >= 11 is 0. The number of methoxy groups -OCH3 is 2. The maximum Gasteiger partial charge on any atom is 0.319 e. The molecule has 40 heavy (non-hydrogen) atoms. The Morgan fingerprint density at radius 3 is 2.73 bits per heavy atom. The van der Waals surface area contributed by atoms with Crippen LogP contribution >= 0.6 is 0 Å². The highest BCUT2D eigenvalue weighted by atomic mass is 16.7. The van der Waals surface area contributed by atoms with Crippen molar-refractivity contribution in [2.45, 2.75) is 18.9 Å². The van der Waals surface area contributed by atoms with Gasteiger partial charge >= 0.3 is 6.03 Å². The van der Waals surface area contributed by atoms with Gasteiger partial charge in [0.15, 0.2) is 23.0 Å². The second-order valence-electron chi connectivity index (χ2n) is 9.86. The first-order valence-electron chi connectivity index (χ1n) is 13.4. The summed E-state index contributed by atoms with van der Waals surface area (Å²) in [5.74, 6) is 2.99. The van der Waals surface area contributed by atoms with Crippen LogP contribution in [-0.4, -0.2) is 56.6 Å². The molecule has 2 aliphatic heterocycles. The van der Waals surface area contributed by atoms with Crippen molar-refractivity contribution >= 4 is 22.6 Å². The molecule has 0 saturated carbocycles. The van der Waals surface area contributed by atoms with E-state index in [1.165, 1.54) is 11.1 Å². The summed E-state index contributed by atoms with van der Waals surface area (Å²) in [7, 11) is 3.32. The Hall–Kier alpha value is -4.50. The first-order valence-corrected chi connectivity index (χ1v) is 13.4. The third kappa shape index (κ3) is 5.20. The predicted molar refractivity (Wildman–Crippen MR) is 153 cm³/mol. The van der Waals surface area contributed by atoms with Crippen molar-refractivity contribution in [1.82, 2.24) is 15.2 Å². The second-order valence-corrected chi connectivity index (χ2v) is 9.86. The molecular formula is C31H32N4O5. The number of pyridine rings is 1. The highest BCUT2D eigenvalue weighted by Gasteiger charge is 2.30. The molecule has 4 aromatic rings. The van der Waals surface area contributed by atoms with Crippen LogP contribution in [0.1, 0.15) is 22.7 Å². The molecule has 2 amide bonds. The van der Waals surface area contributed by atoms with Crippen LogP contribution < -0.4 is 29.6 Å². The molecule has 0 saturated heterocycles. The largest absolute Gasteiger partial charge is 0.493 e. The van der Waals surface area contributed by atoms with Crippen molar-refractivity contribution < 1.29 is 23.7 Å². The van der Waals surface area contributed by atoms with Crippen LogP contribution in [0.4, 0.5) is 10.5 Å². The number of carbonyl (C=O) groups is 1. The Bertz CT molecular complexity index is 1540. The molecule has 0 spiro atoms. The van der Waals surface area contributed by atoms with Crippen molar-refractivity contribution in [1.29, 1.82) is 0 Å². The number of benzene rings is 3. The number of aromatic nitrogens is 1. The van der Waals surface area contributed by atoms with Gasteiger partial charge in [0, 0.05) is 37.3 Å². The van der Waals surface area contributed by atoms with Crippen LogP contribution in [0.25, 0.3) is 10.9 Å². The number of anilines is 1. The number of urea groups is 1. The van der Waals surface area contributed by atoms with Gasteiger partial charge in [-0.05, 0) is 65.9 Å². The van der Waals surface area contributed by atoms with Crippen LogP contribution in [0.15, 0.2) is 66.9 Å². The van der Waals surface area contributed by atoms with Crippen LogP contribution in [0.3, 0.4) is 0 Å². The molecule has 0 aliphatic carbocycles. The zero-order valence-electron chi connectivity index (χ0n) is 22.6. The molecule has 206 valence electrons. The number of ether oxygens (including phenoxy) is 4. The molecule has 0 unspecified atom stereocenters. The highest BCUT2D eigenvalue weighted by Crippen LogP contribution is 2.40. The Balaban J connectivity index is 1.19. The van der Waals surface area contributed by atoms with E-state index in [4.69, 9.17) is 18.9 Å². The molecule has 9 nitrogen and oxygen atoms in total. The fraction of sp³-hybridized carbons (Fsp3) is 0.290. The molecule has 6 rings (SSSR count). The normalized spacial score (nSPS) is 15.9. The number of nitrogens with one attached hydrogen (secondary N) is 2. The third-order valence-electron chi connectivity index (χ3n) is 7.56. The Morgan fingerprint density at radius 1 is 1.02 bits per heavy atom. The van der Waals surface area contributed by atoms with Crippen molar-refractivity contribution in [3.8, 4) is 23.0 Å². The van der Waals surface area contributed by atoms with Gasteiger partial charge in [0.1, 0.15) is 0 Å². The molecule has 2 N–H and O–H groups in total. The lowest BCUT2D eigenvalue weighted by Crippen LogP contribution is -2.42. The fourth-order valence-corrected chi connectivity index (χ4v) is 5.56. The predicted octanol–water partition coefficient (Wildman–Crippen LogP) is 4.94. The number of carbonyl (C=O) groups excluding carboxylic acids is 1. The van der Waals surface area contributed by atoms with E-state index in [1.54, 1.807) is 20.4 Å². The summed E-state index contributed by atoms with van der Waals surface area (Å²) in [6.07, 6.45) is 3.35. The summed E-state index contributed by atoms with van der Waals surface area (Å²) in [6, 6.07) is 19.7. The smallest absolute Gasteiger partial charge is 0.319 e. The van der Waals surface area contributed by atoms with Gasteiger partial charge in [-0.2, -0.15) is 0 Å². The SMILES string of the molecule is COc1cc2c(cc1OC)[C@@H](Cc1ccc3c(c1)OCO3)N(CCNC(=O)Nc1ccnc3ccccc13)CC2. The number of para-hydroxylation sites is 1. The number of nitrogens with zero attached hydrogens (tertiary/aromatic N) is 2. The van der Waals surface area contributed by atoms with E-state index < -0.39 is 0 Å². The van der Waals surface area contributed by atoms with E-state index in [2.05, 4.69) is 44.8 Å². The van der Waals surface area contributed by atoms with E-state index in [1.807, 2.05) is 36.4 Å². The van der Waals surface area contributed by atoms with Gasteiger partial charge in [0.2, 0.25) is 6.79 Å². The number of amides is 2. The van der Waals surface area contributed by atoms with Gasteiger partial charge in [-0.3, -0.25) is 9.88 Å². The molecule has 9 heteroatoms. The van der Waals surface area contributed by atoms with Gasteiger partial charge < -0.3 is 29.6 Å². The van der Waals surface area contributed by atoms with Gasteiger partial charge in [0.25, 0.3) is 0 Å². The molecule has 0 fully saturated rings. The average molecular weight is 541 g/mol. The summed E-state index contributed by atoms with van der Waals surface area (Å²) in [5.41, 5.74) is 5.17. The minimum Gasteiger partial charge on any atom is -0.493 e. The summed E-state index contributed by atoms with van der Waals surface area (Å²) in [5, 5.41) is 6.91. The topological polar surface area (TPSA) is 94.2 Å². The summed E-state index contributed by atoms with van der Waals surface area (Å²) < 4.78 is 22.4. The van der Waals surface area contributed by atoms with E-state index in [9.17, 15) is 4.79 Å². The first-order chi connectivity index (χ1) is 19.6. The third-order valence-corrected chi connectivity index (χ3v) is 7.56. The Kier molecular flexibility index (Phi) is 7.29. The number of hydrogen-bond donors (Lipinski definition) is 2. The van der Waals surface area contributed by atoms with Crippen LogP contribution in [-0.2, 0) is 12.8 Å². The van der Waals surface area contributed by atoms with E-state index in [-0.39, 0.29) is 18.9 Å². The quantitative estimate of drug-likeness (QED) is 0.327. The van der Waals surface area contributed by atoms with E-state index in [0.29, 0.717) is 18.8 Å². The summed E-state index contributed by atoms with van der Waals surface area (Å²) in [6.45, 7) is 2.29. The van der Waals surface area contributed by atoms with Gasteiger partial charge in [-0.1, -0.05) is 24.3 Å². The molecule has 3 aromatic carbocycles. The van der Waals surface area contributed by atoms with Crippen molar-refractivity contribution in [2.24, 2.45) is 0 Å². The maximum absolute atomic E-state index is 12.8. The van der Waals surface area contributed by atoms with Crippen molar-refractivity contribution in [3.05, 3.63) is 83.6 Å². The van der Waals surface area contributed by atoms with E-state index >= 15 is 0 Å². The molecule has 0 radical (unpaired) electrons. The maximum atomic E-state index is 12.8. The lowest BCUT2D eigenvalue weighted by molar-refractivity contribution is 0.173. The monoisotopic (exact) mass is 540 g/mol. The van der Waals surface area contributed by atoms with Crippen LogP contribution in [0.5, 0.6) is 23.0 Å².